The molecule has 3 rings (SSSR count). The number of aromatic amines is 3. The van der Waals surface area contributed by atoms with Crippen molar-refractivity contribution < 1.29 is 5.11 Å². The quantitative estimate of drug-likeness (QED) is 0.546. The van der Waals surface area contributed by atoms with Gasteiger partial charge < -0.3 is 20.1 Å². The first-order valence-electron chi connectivity index (χ1n) is 7.48. The molecule has 2 heterocycles. The summed E-state index contributed by atoms with van der Waals surface area (Å²) in [5.74, 6) is 0.0725. The molecular formula is C18H16N4O3. The first kappa shape index (κ1) is 16.3. The highest BCUT2D eigenvalue weighted by Gasteiger charge is 2.04. The molecule has 4 N–H and O–H groups in total. The highest BCUT2D eigenvalue weighted by molar-refractivity contribution is 5.66. The fourth-order valence-electron chi connectivity index (χ4n) is 2.37. The third-order valence-electron chi connectivity index (χ3n) is 3.54. The fraction of sp³-hybridized carbons (Fsp3) is 0.0556. The van der Waals surface area contributed by atoms with E-state index in [9.17, 15) is 14.7 Å². The zero-order valence-corrected chi connectivity index (χ0v) is 13.5. The largest absolute Gasteiger partial charge is 0.508 e. The van der Waals surface area contributed by atoms with Crippen molar-refractivity contribution >= 4 is 17.7 Å². The van der Waals surface area contributed by atoms with Crippen LogP contribution in [0.4, 0.5) is 0 Å². The number of imidazole rings is 1. The molecule has 3 aromatic rings. The summed E-state index contributed by atoms with van der Waals surface area (Å²) in [6, 6.07) is 6.36. The first-order valence-corrected chi connectivity index (χ1v) is 7.48. The van der Waals surface area contributed by atoms with Gasteiger partial charge in [0.25, 0.3) is 11.1 Å². The molecule has 0 amide bonds. The van der Waals surface area contributed by atoms with Gasteiger partial charge in [-0.05, 0) is 42.3 Å². The Morgan fingerprint density at radius 2 is 1.84 bits per heavy atom. The van der Waals surface area contributed by atoms with Gasteiger partial charge in [-0.1, -0.05) is 18.7 Å². The van der Waals surface area contributed by atoms with Gasteiger partial charge in [0, 0.05) is 0 Å². The van der Waals surface area contributed by atoms with Crippen molar-refractivity contribution in [2.24, 2.45) is 0 Å². The van der Waals surface area contributed by atoms with Crippen LogP contribution in [0.15, 0.2) is 46.8 Å². The highest BCUT2D eigenvalue weighted by Crippen LogP contribution is 2.12. The van der Waals surface area contributed by atoms with Crippen LogP contribution in [0.5, 0.6) is 5.75 Å². The Labute approximate surface area is 141 Å². The Morgan fingerprint density at radius 3 is 2.48 bits per heavy atom. The number of aromatic hydroxyl groups is 1. The molecule has 7 nitrogen and oxygen atoms in total. The van der Waals surface area contributed by atoms with Gasteiger partial charge in [0.15, 0.2) is 0 Å². The molecule has 0 spiro atoms. The maximum absolute atomic E-state index is 12.3. The molecule has 0 aliphatic rings. The number of hydrogen-bond donors (Lipinski definition) is 4. The summed E-state index contributed by atoms with van der Waals surface area (Å²) in [4.78, 5) is 36.7. The number of hydrogen-bond acceptors (Lipinski definition) is 4. The molecule has 7 heteroatoms. The van der Waals surface area contributed by atoms with Gasteiger partial charge in [-0.2, -0.15) is 0 Å². The zero-order valence-electron chi connectivity index (χ0n) is 13.5. The Hall–Kier alpha value is -3.61. The number of nitrogens with one attached hydrogen (secondary N) is 3. The number of phenols is 1. The van der Waals surface area contributed by atoms with E-state index in [-0.39, 0.29) is 16.4 Å². The van der Waals surface area contributed by atoms with Crippen molar-refractivity contribution in [1.82, 2.24) is 19.9 Å². The first-order chi connectivity index (χ1) is 11.9. The minimum absolute atomic E-state index is 0.0725. The number of H-pyrrole nitrogens is 3. The lowest BCUT2D eigenvalue weighted by molar-refractivity contribution is 0.475. The monoisotopic (exact) mass is 336 g/mol. The molecule has 0 radical (unpaired) electrons. The van der Waals surface area contributed by atoms with Crippen molar-refractivity contribution in [3.05, 3.63) is 85.5 Å². The predicted molar refractivity (Wildman–Crippen MR) is 95.5 cm³/mol. The summed E-state index contributed by atoms with van der Waals surface area (Å²) in [6.07, 6.45) is 4.46. The molecule has 0 aliphatic carbocycles. The van der Waals surface area contributed by atoms with Crippen LogP contribution in [0.25, 0.3) is 17.7 Å². The van der Waals surface area contributed by atoms with E-state index in [2.05, 4.69) is 26.5 Å². The number of nitrogens with zero attached hydrogens (tertiary/aromatic N) is 1. The second-order valence-electron chi connectivity index (χ2n) is 5.56. The lowest BCUT2D eigenvalue weighted by Gasteiger charge is -1.96. The number of allylic oxidation sites excluding steroid dienone is 1. The maximum atomic E-state index is 12.3. The number of benzene rings is 1. The number of rotatable bonds is 3. The lowest BCUT2D eigenvalue weighted by atomic mass is 10.2. The summed E-state index contributed by atoms with van der Waals surface area (Å²) in [7, 11) is 0. The van der Waals surface area contributed by atoms with Crippen LogP contribution in [0, 0.1) is 0 Å². The highest BCUT2D eigenvalue weighted by atomic mass is 16.3. The van der Waals surface area contributed by atoms with Gasteiger partial charge in [-0.15, -0.1) is 0 Å². The van der Waals surface area contributed by atoms with E-state index in [4.69, 9.17) is 0 Å². The smallest absolute Gasteiger partial charge is 0.272 e. The fourth-order valence-corrected chi connectivity index (χ4v) is 2.37. The van der Waals surface area contributed by atoms with E-state index < -0.39 is 11.1 Å². The maximum Gasteiger partial charge on any atom is 0.272 e. The van der Waals surface area contributed by atoms with Crippen molar-refractivity contribution in [2.75, 3.05) is 0 Å². The number of aromatic nitrogens is 4. The minimum Gasteiger partial charge on any atom is -0.508 e. The van der Waals surface area contributed by atoms with Crippen LogP contribution in [-0.2, 0) is 0 Å². The Morgan fingerprint density at radius 1 is 1.16 bits per heavy atom. The minimum atomic E-state index is -0.457. The molecule has 0 saturated carbocycles. The van der Waals surface area contributed by atoms with Gasteiger partial charge in [-0.3, -0.25) is 9.59 Å². The van der Waals surface area contributed by atoms with Crippen molar-refractivity contribution in [1.29, 1.82) is 0 Å². The van der Waals surface area contributed by atoms with Crippen LogP contribution < -0.4 is 21.8 Å². The van der Waals surface area contributed by atoms with Gasteiger partial charge in [0.2, 0.25) is 0 Å². The van der Waals surface area contributed by atoms with E-state index in [1.54, 1.807) is 12.1 Å². The van der Waals surface area contributed by atoms with E-state index in [0.717, 1.165) is 5.57 Å². The molecule has 1 aromatic carbocycles. The van der Waals surface area contributed by atoms with Gasteiger partial charge >= 0.3 is 0 Å². The van der Waals surface area contributed by atoms with Gasteiger partial charge in [0.1, 0.15) is 16.4 Å². The van der Waals surface area contributed by atoms with Crippen LogP contribution in [0.1, 0.15) is 23.9 Å². The zero-order chi connectivity index (χ0) is 18.0. The standard InChI is InChI=1S/C18H16N4O3/c1-10(2)16-13(19-9-20-16)8-15-18(25)21-14(17(24)22-15)7-11-4-3-5-12(23)6-11/h3-9,23H,1H2,2H3,(H,19,20)(H,21,25)(H,22,24)/b14-7-,15-8-. The van der Waals surface area contributed by atoms with E-state index in [1.165, 1.54) is 30.6 Å². The molecule has 0 unspecified atom stereocenters. The van der Waals surface area contributed by atoms with Crippen LogP contribution in [-0.4, -0.2) is 25.0 Å². The molecular weight excluding hydrogens is 320 g/mol. The normalized spacial score (nSPS) is 12.5. The van der Waals surface area contributed by atoms with Crippen LogP contribution in [0.2, 0.25) is 0 Å². The summed E-state index contributed by atoms with van der Waals surface area (Å²) in [5, 5.41) is 9.66. The SMILES string of the molecule is C=C(C)c1[nH]cnc1/C=c1\[nH]c(=O)/c(=C/c2cccc(O)c2)[nH]c1=O. The molecule has 0 aliphatic heterocycles. The van der Waals surface area contributed by atoms with Crippen molar-refractivity contribution in [2.45, 2.75) is 6.92 Å². The number of phenolic OH excluding ortho intramolecular Hbond substituents is 1. The Balaban J connectivity index is 2.15. The molecule has 0 saturated heterocycles. The molecule has 2 aromatic heterocycles. The molecule has 126 valence electrons. The third-order valence-corrected chi connectivity index (χ3v) is 3.54. The second-order valence-corrected chi connectivity index (χ2v) is 5.56. The lowest BCUT2D eigenvalue weighted by Crippen LogP contribution is -2.46. The van der Waals surface area contributed by atoms with E-state index in [0.29, 0.717) is 17.0 Å². The predicted octanol–water partition coefficient (Wildman–Crippen LogP) is 0.183. The average Bonchev–Trinajstić information content (AvgIpc) is 3.01. The van der Waals surface area contributed by atoms with Crippen LogP contribution >= 0.6 is 0 Å². The average molecular weight is 336 g/mol. The molecule has 0 bridgehead atoms. The van der Waals surface area contributed by atoms with E-state index in [1.807, 2.05) is 6.92 Å². The van der Waals surface area contributed by atoms with Crippen LogP contribution in [0.3, 0.4) is 0 Å². The van der Waals surface area contributed by atoms with Crippen molar-refractivity contribution in [3.63, 3.8) is 0 Å². The molecule has 25 heavy (non-hydrogen) atoms. The Bertz CT molecular complexity index is 1180. The Kier molecular flexibility index (Phi) is 4.21. The summed E-state index contributed by atoms with van der Waals surface area (Å²) < 4.78 is 0. The second kappa shape index (κ2) is 6.48. The summed E-state index contributed by atoms with van der Waals surface area (Å²) in [5.41, 5.74) is 1.64. The van der Waals surface area contributed by atoms with Gasteiger partial charge in [0.05, 0.1) is 17.7 Å². The topological polar surface area (TPSA) is 115 Å². The van der Waals surface area contributed by atoms with Gasteiger partial charge in [-0.25, -0.2) is 4.98 Å². The summed E-state index contributed by atoms with van der Waals surface area (Å²) in [6.45, 7) is 5.64. The molecule has 0 fully saturated rings. The summed E-state index contributed by atoms with van der Waals surface area (Å²) >= 11 is 0. The molecule has 0 atom stereocenters. The van der Waals surface area contributed by atoms with E-state index >= 15 is 0 Å². The van der Waals surface area contributed by atoms with Crippen molar-refractivity contribution in [3.8, 4) is 5.75 Å². The third kappa shape index (κ3) is 3.50.